The van der Waals surface area contributed by atoms with Crippen LogP contribution >= 0.6 is 0 Å². The van der Waals surface area contributed by atoms with E-state index in [1.54, 1.807) is 30.5 Å². The van der Waals surface area contributed by atoms with Crippen LogP contribution in [0, 0.1) is 0 Å². The highest BCUT2D eigenvalue weighted by molar-refractivity contribution is 5.89. The molecule has 0 radical (unpaired) electrons. The van der Waals surface area contributed by atoms with Crippen LogP contribution in [0.4, 0.5) is 10.5 Å². The summed E-state index contributed by atoms with van der Waals surface area (Å²) in [5.41, 5.74) is 1.10. The molecule has 0 fully saturated rings. The van der Waals surface area contributed by atoms with Crippen LogP contribution in [-0.2, 0) is 6.54 Å². The monoisotopic (exact) mass is 327 g/mol. The standard InChI is InChI=1S/C18H21N3O3/c1-18(2)12-21(17(22)20-14-5-4-8-19-10-14)11-13-6-7-15(23-3)9-16(13)24-18/h4-10H,11-12H2,1-3H3,(H,20,22). The summed E-state index contributed by atoms with van der Waals surface area (Å²) in [5, 5.41) is 2.87. The number of carbonyl (C=O) groups is 1. The summed E-state index contributed by atoms with van der Waals surface area (Å²) >= 11 is 0. The third-order valence-electron chi connectivity index (χ3n) is 3.79. The van der Waals surface area contributed by atoms with Gasteiger partial charge in [-0.25, -0.2) is 4.79 Å². The second-order valence-corrected chi connectivity index (χ2v) is 6.36. The molecule has 126 valence electrons. The number of anilines is 1. The van der Waals surface area contributed by atoms with Crippen molar-refractivity contribution in [2.45, 2.75) is 26.0 Å². The number of rotatable bonds is 2. The number of hydrogen-bond donors (Lipinski definition) is 1. The van der Waals surface area contributed by atoms with E-state index >= 15 is 0 Å². The van der Waals surface area contributed by atoms with Crippen LogP contribution < -0.4 is 14.8 Å². The predicted octanol–water partition coefficient (Wildman–Crippen LogP) is 3.30. The Balaban J connectivity index is 1.84. The number of methoxy groups -OCH3 is 1. The topological polar surface area (TPSA) is 63.7 Å². The molecule has 1 aliphatic rings. The molecular weight excluding hydrogens is 306 g/mol. The van der Waals surface area contributed by atoms with Gasteiger partial charge < -0.3 is 19.7 Å². The average molecular weight is 327 g/mol. The van der Waals surface area contributed by atoms with Gasteiger partial charge in [0.2, 0.25) is 0 Å². The van der Waals surface area contributed by atoms with Crippen molar-refractivity contribution in [1.82, 2.24) is 9.88 Å². The lowest BCUT2D eigenvalue weighted by atomic mass is 10.1. The first kappa shape index (κ1) is 16.1. The fourth-order valence-electron chi connectivity index (χ4n) is 2.72. The molecule has 0 atom stereocenters. The quantitative estimate of drug-likeness (QED) is 0.919. The molecule has 1 aromatic heterocycles. The molecule has 2 aromatic rings. The number of hydrogen-bond acceptors (Lipinski definition) is 4. The van der Waals surface area contributed by atoms with Crippen molar-refractivity contribution in [3.63, 3.8) is 0 Å². The molecule has 0 spiro atoms. The van der Waals surface area contributed by atoms with E-state index in [0.717, 1.165) is 17.1 Å². The van der Waals surface area contributed by atoms with E-state index in [0.29, 0.717) is 18.8 Å². The molecule has 3 rings (SSSR count). The lowest BCUT2D eigenvalue weighted by Crippen LogP contribution is -2.44. The van der Waals surface area contributed by atoms with Gasteiger partial charge in [-0.3, -0.25) is 4.98 Å². The van der Waals surface area contributed by atoms with Gasteiger partial charge in [0.05, 0.1) is 32.1 Å². The number of ether oxygens (including phenoxy) is 2. The maximum Gasteiger partial charge on any atom is 0.322 e. The van der Waals surface area contributed by atoms with Crippen molar-refractivity contribution in [1.29, 1.82) is 0 Å². The largest absolute Gasteiger partial charge is 0.497 e. The van der Waals surface area contributed by atoms with E-state index in [2.05, 4.69) is 10.3 Å². The van der Waals surface area contributed by atoms with Crippen LogP contribution in [0.3, 0.4) is 0 Å². The Kier molecular flexibility index (Phi) is 4.29. The van der Waals surface area contributed by atoms with Gasteiger partial charge in [-0.1, -0.05) is 0 Å². The molecule has 0 saturated carbocycles. The van der Waals surface area contributed by atoms with Crippen LogP contribution in [0.15, 0.2) is 42.7 Å². The Labute approximate surface area is 141 Å². The molecule has 1 aliphatic heterocycles. The first-order chi connectivity index (χ1) is 11.5. The lowest BCUT2D eigenvalue weighted by molar-refractivity contribution is 0.0833. The number of aromatic nitrogens is 1. The molecule has 1 N–H and O–H groups in total. The molecule has 2 amide bonds. The second-order valence-electron chi connectivity index (χ2n) is 6.36. The number of nitrogens with zero attached hydrogens (tertiary/aromatic N) is 2. The number of benzene rings is 1. The number of pyridine rings is 1. The minimum absolute atomic E-state index is 0.177. The Bertz CT molecular complexity index is 732. The Morgan fingerprint density at radius 3 is 2.92 bits per heavy atom. The number of carbonyl (C=O) groups excluding carboxylic acids is 1. The van der Waals surface area contributed by atoms with E-state index < -0.39 is 5.60 Å². The minimum atomic E-state index is -0.510. The molecule has 0 aliphatic carbocycles. The van der Waals surface area contributed by atoms with Crippen LogP contribution in [0.5, 0.6) is 11.5 Å². The van der Waals surface area contributed by atoms with Crippen molar-refractivity contribution in [2.75, 3.05) is 19.0 Å². The van der Waals surface area contributed by atoms with E-state index in [4.69, 9.17) is 9.47 Å². The fraction of sp³-hybridized carbons (Fsp3) is 0.333. The second kappa shape index (κ2) is 6.39. The zero-order valence-electron chi connectivity index (χ0n) is 14.1. The smallest absolute Gasteiger partial charge is 0.322 e. The summed E-state index contributed by atoms with van der Waals surface area (Å²) in [6.07, 6.45) is 3.29. The van der Waals surface area contributed by atoms with Crippen LogP contribution in [0.2, 0.25) is 0 Å². The van der Waals surface area contributed by atoms with Gasteiger partial charge in [-0.15, -0.1) is 0 Å². The van der Waals surface area contributed by atoms with Gasteiger partial charge in [0.1, 0.15) is 17.1 Å². The van der Waals surface area contributed by atoms with Crippen LogP contribution in [0.1, 0.15) is 19.4 Å². The Morgan fingerprint density at radius 1 is 1.38 bits per heavy atom. The van der Waals surface area contributed by atoms with Gasteiger partial charge >= 0.3 is 6.03 Å². The molecular formula is C18H21N3O3. The maximum absolute atomic E-state index is 12.6. The van der Waals surface area contributed by atoms with E-state index in [9.17, 15) is 4.79 Å². The summed E-state index contributed by atoms with van der Waals surface area (Å²) < 4.78 is 11.4. The average Bonchev–Trinajstić information content (AvgIpc) is 2.69. The number of fused-ring (bicyclic) bond motifs is 1. The zero-order chi connectivity index (χ0) is 17.2. The van der Waals surface area contributed by atoms with Crippen molar-refractivity contribution < 1.29 is 14.3 Å². The highest BCUT2D eigenvalue weighted by Crippen LogP contribution is 2.32. The van der Waals surface area contributed by atoms with E-state index in [1.807, 2.05) is 38.1 Å². The molecule has 6 nitrogen and oxygen atoms in total. The normalized spacial score (nSPS) is 15.7. The molecule has 2 heterocycles. The third-order valence-corrected chi connectivity index (χ3v) is 3.79. The van der Waals surface area contributed by atoms with E-state index in [1.165, 1.54) is 0 Å². The highest BCUT2D eigenvalue weighted by atomic mass is 16.5. The third kappa shape index (κ3) is 3.59. The number of nitrogens with one attached hydrogen (secondary N) is 1. The minimum Gasteiger partial charge on any atom is -0.497 e. The van der Waals surface area contributed by atoms with Crippen molar-refractivity contribution in [3.05, 3.63) is 48.3 Å². The first-order valence-corrected chi connectivity index (χ1v) is 7.79. The van der Waals surface area contributed by atoms with Crippen molar-refractivity contribution >= 4 is 11.7 Å². The predicted molar refractivity (Wildman–Crippen MR) is 91.4 cm³/mol. The van der Waals surface area contributed by atoms with Crippen molar-refractivity contribution in [2.24, 2.45) is 0 Å². The summed E-state index contributed by atoms with van der Waals surface area (Å²) in [6, 6.07) is 9.08. The first-order valence-electron chi connectivity index (χ1n) is 7.79. The SMILES string of the molecule is COc1ccc2c(c1)OC(C)(C)CN(C(=O)Nc1cccnc1)C2. The molecule has 0 unspecified atom stereocenters. The number of urea groups is 1. The summed E-state index contributed by atoms with van der Waals surface area (Å²) in [7, 11) is 1.62. The Morgan fingerprint density at radius 2 is 2.21 bits per heavy atom. The molecule has 6 heteroatoms. The fourth-order valence-corrected chi connectivity index (χ4v) is 2.72. The van der Waals surface area contributed by atoms with E-state index in [-0.39, 0.29) is 6.03 Å². The molecule has 0 bridgehead atoms. The van der Waals surface area contributed by atoms with Crippen LogP contribution in [0.25, 0.3) is 0 Å². The molecule has 0 saturated heterocycles. The Hall–Kier alpha value is -2.76. The summed E-state index contributed by atoms with van der Waals surface area (Å²) in [5.74, 6) is 1.48. The van der Waals surface area contributed by atoms with Gasteiger partial charge in [0.15, 0.2) is 0 Å². The number of amides is 2. The maximum atomic E-state index is 12.6. The summed E-state index contributed by atoms with van der Waals surface area (Å²) in [4.78, 5) is 18.4. The van der Waals surface area contributed by atoms with Gasteiger partial charge in [-0.05, 0) is 38.1 Å². The lowest BCUT2D eigenvalue weighted by Gasteiger charge is -2.29. The van der Waals surface area contributed by atoms with Crippen LogP contribution in [-0.4, -0.2) is 35.2 Å². The van der Waals surface area contributed by atoms with Crippen molar-refractivity contribution in [3.8, 4) is 11.5 Å². The van der Waals surface area contributed by atoms with Gasteiger partial charge in [0.25, 0.3) is 0 Å². The van der Waals surface area contributed by atoms with Gasteiger partial charge in [0, 0.05) is 17.8 Å². The highest BCUT2D eigenvalue weighted by Gasteiger charge is 2.31. The van der Waals surface area contributed by atoms with Gasteiger partial charge in [-0.2, -0.15) is 0 Å². The summed E-state index contributed by atoms with van der Waals surface area (Å²) in [6.45, 7) is 4.86. The zero-order valence-corrected chi connectivity index (χ0v) is 14.1. The molecule has 24 heavy (non-hydrogen) atoms. The molecule has 1 aromatic carbocycles.